The summed E-state index contributed by atoms with van der Waals surface area (Å²) in [5.41, 5.74) is 1.82. The average molecular weight is 486 g/mol. The predicted molar refractivity (Wildman–Crippen MR) is 129 cm³/mol. The fraction of sp³-hybridized carbons (Fsp3) is 0.130. The molecule has 0 saturated carbocycles. The molecule has 1 aromatic heterocycles. The maximum atomic E-state index is 12.9. The molecular formula is C23H20ClN3O3S2. The second kappa shape index (κ2) is 8.90. The first-order valence-corrected chi connectivity index (χ1v) is 12.5. The number of halogens is 1. The molecule has 3 aromatic carbocycles. The van der Waals surface area contributed by atoms with E-state index in [1.807, 2.05) is 29.7 Å². The normalized spacial score (nSPS) is 12.3. The molecule has 0 aliphatic heterocycles. The molecule has 0 fully saturated rings. The van der Waals surface area contributed by atoms with Crippen LogP contribution in [0.25, 0.3) is 10.2 Å². The predicted octanol–water partition coefficient (Wildman–Crippen LogP) is 4.94. The number of rotatable bonds is 5. The van der Waals surface area contributed by atoms with E-state index < -0.39 is 15.9 Å². The van der Waals surface area contributed by atoms with E-state index in [1.165, 1.54) is 47.0 Å². The van der Waals surface area contributed by atoms with Gasteiger partial charge in [-0.15, -0.1) is 0 Å². The summed E-state index contributed by atoms with van der Waals surface area (Å²) in [7, 11) is -2.25. The van der Waals surface area contributed by atoms with Gasteiger partial charge in [0, 0.05) is 24.2 Å². The van der Waals surface area contributed by atoms with Crippen LogP contribution in [0.4, 0.5) is 5.69 Å². The van der Waals surface area contributed by atoms with Gasteiger partial charge in [0.25, 0.3) is 15.9 Å². The molecule has 4 rings (SSSR count). The highest BCUT2D eigenvalue weighted by Gasteiger charge is 2.21. The zero-order valence-electron chi connectivity index (χ0n) is 17.4. The van der Waals surface area contributed by atoms with Gasteiger partial charge >= 0.3 is 0 Å². The van der Waals surface area contributed by atoms with Crippen molar-refractivity contribution in [3.8, 4) is 0 Å². The zero-order valence-corrected chi connectivity index (χ0v) is 19.8. The molecule has 1 amide bonds. The van der Waals surface area contributed by atoms with Gasteiger partial charge in [-0.2, -0.15) is 4.99 Å². The van der Waals surface area contributed by atoms with Crippen LogP contribution in [0.5, 0.6) is 0 Å². The Morgan fingerprint density at radius 2 is 1.75 bits per heavy atom. The summed E-state index contributed by atoms with van der Waals surface area (Å²) in [5, 5.41) is 0.622. The van der Waals surface area contributed by atoms with Crippen LogP contribution in [-0.2, 0) is 16.6 Å². The lowest BCUT2D eigenvalue weighted by Gasteiger charge is -2.19. The zero-order chi connectivity index (χ0) is 22.9. The summed E-state index contributed by atoms with van der Waals surface area (Å²) in [6.07, 6.45) is 0. The van der Waals surface area contributed by atoms with E-state index in [2.05, 4.69) is 4.99 Å². The lowest BCUT2D eigenvalue weighted by molar-refractivity contribution is 0.0997. The molecule has 0 spiro atoms. The molecule has 0 radical (unpaired) electrons. The number of hydrogen-bond acceptors (Lipinski definition) is 4. The second-order valence-corrected chi connectivity index (χ2v) is 10.4. The molecule has 0 aliphatic carbocycles. The first kappa shape index (κ1) is 22.3. The van der Waals surface area contributed by atoms with Gasteiger partial charge in [-0.3, -0.25) is 9.10 Å². The minimum atomic E-state index is -3.75. The van der Waals surface area contributed by atoms with Crippen molar-refractivity contribution >= 4 is 54.8 Å². The third kappa shape index (κ3) is 4.21. The Morgan fingerprint density at radius 1 is 1.06 bits per heavy atom. The molecule has 9 heteroatoms. The Labute approximate surface area is 195 Å². The number of anilines is 1. The Morgan fingerprint density at radius 3 is 2.41 bits per heavy atom. The first-order chi connectivity index (χ1) is 15.3. The number of sulfonamides is 1. The molecule has 0 N–H and O–H groups in total. The van der Waals surface area contributed by atoms with Gasteiger partial charge in [-0.25, -0.2) is 8.42 Å². The molecule has 6 nitrogen and oxygen atoms in total. The quantitative estimate of drug-likeness (QED) is 0.402. The Balaban J connectivity index is 1.65. The average Bonchev–Trinajstić information content (AvgIpc) is 3.14. The summed E-state index contributed by atoms with van der Waals surface area (Å²) in [6, 6.07) is 20.2. The van der Waals surface area contributed by atoms with Crippen LogP contribution >= 0.6 is 22.9 Å². The molecule has 0 atom stereocenters. The van der Waals surface area contributed by atoms with E-state index in [1.54, 1.807) is 30.3 Å². The van der Waals surface area contributed by atoms with Crippen molar-refractivity contribution in [1.82, 2.24) is 4.57 Å². The van der Waals surface area contributed by atoms with Gasteiger partial charge in [0.1, 0.15) is 0 Å². The molecule has 1 heterocycles. The molecular weight excluding hydrogens is 466 g/mol. The van der Waals surface area contributed by atoms with Crippen molar-refractivity contribution in [2.75, 3.05) is 11.4 Å². The van der Waals surface area contributed by atoms with Gasteiger partial charge in [-0.05, 0) is 61.5 Å². The summed E-state index contributed by atoms with van der Waals surface area (Å²) in [6.45, 7) is 2.63. The monoisotopic (exact) mass is 485 g/mol. The van der Waals surface area contributed by atoms with Crippen molar-refractivity contribution in [2.24, 2.45) is 4.99 Å². The number of carbonyl (C=O) groups excluding carboxylic acids is 1. The van der Waals surface area contributed by atoms with E-state index in [0.29, 0.717) is 27.6 Å². The van der Waals surface area contributed by atoms with Crippen LogP contribution in [0, 0.1) is 0 Å². The number of hydrogen-bond donors (Lipinski definition) is 0. The van der Waals surface area contributed by atoms with Crippen LogP contribution in [0.3, 0.4) is 0 Å². The maximum Gasteiger partial charge on any atom is 0.279 e. The third-order valence-electron chi connectivity index (χ3n) is 5.04. The molecule has 0 aliphatic rings. The van der Waals surface area contributed by atoms with E-state index in [4.69, 9.17) is 11.6 Å². The van der Waals surface area contributed by atoms with Gasteiger partial charge in [0.15, 0.2) is 4.80 Å². The number of amides is 1. The molecule has 0 unspecified atom stereocenters. The van der Waals surface area contributed by atoms with E-state index in [0.717, 1.165) is 10.2 Å². The van der Waals surface area contributed by atoms with Gasteiger partial charge in [-0.1, -0.05) is 41.1 Å². The number of aromatic nitrogens is 1. The maximum absolute atomic E-state index is 12.9. The molecule has 0 saturated heterocycles. The highest BCUT2D eigenvalue weighted by molar-refractivity contribution is 7.92. The lowest BCUT2D eigenvalue weighted by atomic mass is 10.2. The molecule has 164 valence electrons. The van der Waals surface area contributed by atoms with Gasteiger partial charge in [0.2, 0.25) is 0 Å². The number of aryl methyl sites for hydroxylation is 1. The van der Waals surface area contributed by atoms with Crippen molar-refractivity contribution < 1.29 is 13.2 Å². The van der Waals surface area contributed by atoms with Gasteiger partial charge in [0.05, 0.1) is 20.8 Å². The fourth-order valence-corrected chi connectivity index (χ4v) is 5.86. The summed E-state index contributed by atoms with van der Waals surface area (Å²) in [4.78, 5) is 17.7. The van der Waals surface area contributed by atoms with Crippen LogP contribution < -0.4 is 9.11 Å². The topological polar surface area (TPSA) is 71.7 Å². The summed E-state index contributed by atoms with van der Waals surface area (Å²) >= 11 is 7.47. The number of benzene rings is 3. The van der Waals surface area contributed by atoms with E-state index in [9.17, 15) is 13.2 Å². The second-order valence-electron chi connectivity index (χ2n) is 6.99. The number of para-hydroxylation sites is 1. The third-order valence-corrected chi connectivity index (χ3v) is 8.11. The fourth-order valence-electron chi connectivity index (χ4n) is 3.29. The van der Waals surface area contributed by atoms with Gasteiger partial charge < -0.3 is 4.57 Å². The lowest BCUT2D eigenvalue weighted by Crippen LogP contribution is -2.26. The Kier molecular flexibility index (Phi) is 6.19. The van der Waals surface area contributed by atoms with Crippen molar-refractivity contribution in [2.45, 2.75) is 18.4 Å². The highest BCUT2D eigenvalue weighted by atomic mass is 35.5. The smallest absolute Gasteiger partial charge is 0.279 e. The SMILES string of the molecule is CCn1c(=NC(=O)c2ccc(S(=O)(=O)N(C)c3ccccc3)cc2)sc2cc(Cl)ccc21. The highest BCUT2D eigenvalue weighted by Crippen LogP contribution is 2.23. The summed E-state index contributed by atoms with van der Waals surface area (Å²) in [5.74, 6) is -0.440. The minimum absolute atomic E-state index is 0.0977. The molecule has 32 heavy (non-hydrogen) atoms. The number of carbonyl (C=O) groups is 1. The van der Waals surface area contributed by atoms with Crippen molar-refractivity contribution in [3.63, 3.8) is 0 Å². The molecule has 0 bridgehead atoms. The Hall–Kier alpha value is -2.94. The van der Waals surface area contributed by atoms with Crippen LogP contribution in [-0.4, -0.2) is 25.9 Å². The number of fused-ring (bicyclic) bond motifs is 1. The van der Waals surface area contributed by atoms with Crippen molar-refractivity contribution in [3.05, 3.63) is 88.2 Å². The van der Waals surface area contributed by atoms with Crippen LogP contribution in [0.2, 0.25) is 5.02 Å². The molecule has 4 aromatic rings. The Bertz CT molecular complexity index is 1460. The van der Waals surface area contributed by atoms with E-state index in [-0.39, 0.29) is 4.90 Å². The van der Waals surface area contributed by atoms with E-state index >= 15 is 0 Å². The minimum Gasteiger partial charge on any atom is -0.317 e. The number of nitrogens with zero attached hydrogens (tertiary/aromatic N) is 3. The van der Waals surface area contributed by atoms with Crippen molar-refractivity contribution in [1.29, 1.82) is 0 Å². The summed E-state index contributed by atoms with van der Waals surface area (Å²) < 4.78 is 29.9. The van der Waals surface area contributed by atoms with Crippen LogP contribution in [0.1, 0.15) is 17.3 Å². The first-order valence-electron chi connectivity index (χ1n) is 9.83. The van der Waals surface area contributed by atoms with Crippen LogP contribution in [0.15, 0.2) is 82.7 Å². The number of thiazole rings is 1. The largest absolute Gasteiger partial charge is 0.317 e. The standard InChI is InChI=1S/C23H20ClN3O3S2/c1-3-27-20-14-11-17(24)15-21(20)31-23(27)25-22(28)16-9-12-19(13-10-16)32(29,30)26(2)18-7-5-4-6-8-18/h4-15H,3H2,1-2H3.